The lowest BCUT2D eigenvalue weighted by molar-refractivity contribution is 0.0795. The van der Waals surface area contributed by atoms with Crippen molar-refractivity contribution in [2.45, 2.75) is 6.42 Å². The fourth-order valence-electron chi connectivity index (χ4n) is 1.70. The maximum atomic E-state index is 13.0. The number of pyridine rings is 2. The Labute approximate surface area is 110 Å². The number of hydrogen-bond acceptors (Lipinski definition) is 3. The highest BCUT2D eigenvalue weighted by atomic mass is 19.1. The van der Waals surface area contributed by atoms with Gasteiger partial charge in [0, 0.05) is 32.2 Å². The highest BCUT2D eigenvalue weighted by molar-refractivity contribution is 5.93. The van der Waals surface area contributed by atoms with Gasteiger partial charge in [0.05, 0.1) is 11.8 Å². The first-order valence-electron chi connectivity index (χ1n) is 5.92. The van der Waals surface area contributed by atoms with E-state index in [0.29, 0.717) is 6.54 Å². The molecular weight excluding hydrogens is 245 g/mol. The molecule has 0 unspecified atom stereocenters. The van der Waals surface area contributed by atoms with Crippen LogP contribution in [-0.2, 0) is 6.42 Å². The van der Waals surface area contributed by atoms with E-state index in [0.717, 1.165) is 18.2 Å². The zero-order chi connectivity index (χ0) is 13.7. The Hall–Kier alpha value is -2.30. The molecule has 0 aliphatic rings. The molecule has 0 saturated heterocycles. The van der Waals surface area contributed by atoms with Crippen molar-refractivity contribution in [1.29, 1.82) is 0 Å². The minimum absolute atomic E-state index is 0.235. The van der Waals surface area contributed by atoms with Crippen LogP contribution in [0, 0.1) is 5.82 Å². The molecule has 5 heteroatoms. The van der Waals surface area contributed by atoms with Gasteiger partial charge in [0.1, 0.15) is 5.82 Å². The molecule has 0 radical (unpaired) electrons. The Morgan fingerprint density at radius 1 is 1.26 bits per heavy atom. The number of aromatic nitrogens is 2. The van der Waals surface area contributed by atoms with E-state index in [1.807, 2.05) is 12.1 Å². The van der Waals surface area contributed by atoms with Crippen LogP contribution < -0.4 is 0 Å². The summed E-state index contributed by atoms with van der Waals surface area (Å²) >= 11 is 0. The molecule has 0 aliphatic carbocycles. The van der Waals surface area contributed by atoms with Crippen molar-refractivity contribution in [3.05, 3.63) is 59.9 Å². The van der Waals surface area contributed by atoms with Gasteiger partial charge in [-0.15, -0.1) is 0 Å². The van der Waals surface area contributed by atoms with Gasteiger partial charge in [0.25, 0.3) is 5.91 Å². The first-order valence-corrected chi connectivity index (χ1v) is 5.92. The zero-order valence-electron chi connectivity index (χ0n) is 10.6. The van der Waals surface area contributed by atoms with Crippen molar-refractivity contribution in [3.8, 4) is 0 Å². The standard InChI is InChI=1S/C14H14FN3O/c1-18(7-4-11-2-5-16-6-3-11)14(19)12-8-13(15)10-17-9-12/h2-3,5-6,8-10H,4,7H2,1H3. The molecule has 2 heterocycles. The summed E-state index contributed by atoms with van der Waals surface area (Å²) < 4.78 is 13.0. The molecule has 0 aliphatic heterocycles. The maximum absolute atomic E-state index is 13.0. The molecule has 0 fully saturated rings. The van der Waals surface area contributed by atoms with Gasteiger partial charge in [0.2, 0.25) is 0 Å². The molecule has 0 spiro atoms. The van der Waals surface area contributed by atoms with Crippen LogP contribution in [0.5, 0.6) is 0 Å². The predicted molar refractivity (Wildman–Crippen MR) is 69.1 cm³/mol. The van der Waals surface area contributed by atoms with Crippen LogP contribution in [0.4, 0.5) is 4.39 Å². The SMILES string of the molecule is CN(CCc1ccncc1)C(=O)c1cncc(F)c1. The van der Waals surface area contributed by atoms with Gasteiger partial charge in [-0.1, -0.05) is 0 Å². The van der Waals surface area contributed by atoms with Crippen molar-refractivity contribution in [1.82, 2.24) is 14.9 Å². The van der Waals surface area contributed by atoms with E-state index in [-0.39, 0.29) is 11.5 Å². The Balaban J connectivity index is 1.96. The fourth-order valence-corrected chi connectivity index (χ4v) is 1.70. The van der Waals surface area contributed by atoms with E-state index >= 15 is 0 Å². The highest BCUT2D eigenvalue weighted by Gasteiger charge is 2.12. The number of hydrogen-bond donors (Lipinski definition) is 0. The van der Waals surface area contributed by atoms with E-state index in [1.54, 1.807) is 24.3 Å². The van der Waals surface area contributed by atoms with Crippen LogP contribution in [-0.4, -0.2) is 34.4 Å². The molecule has 2 rings (SSSR count). The third kappa shape index (κ3) is 3.58. The molecule has 4 nitrogen and oxygen atoms in total. The molecule has 0 atom stereocenters. The van der Waals surface area contributed by atoms with Gasteiger partial charge in [-0.3, -0.25) is 14.8 Å². The van der Waals surface area contributed by atoms with Crippen LogP contribution >= 0.6 is 0 Å². The minimum atomic E-state index is -0.506. The Morgan fingerprint density at radius 3 is 2.68 bits per heavy atom. The lowest BCUT2D eigenvalue weighted by Crippen LogP contribution is -2.29. The number of rotatable bonds is 4. The van der Waals surface area contributed by atoms with Crippen LogP contribution in [0.25, 0.3) is 0 Å². The summed E-state index contributed by atoms with van der Waals surface area (Å²) in [6, 6.07) is 5.00. The maximum Gasteiger partial charge on any atom is 0.255 e. The largest absolute Gasteiger partial charge is 0.341 e. The van der Waals surface area contributed by atoms with E-state index in [4.69, 9.17) is 0 Å². The number of amides is 1. The number of halogens is 1. The van der Waals surface area contributed by atoms with Crippen molar-refractivity contribution in [2.75, 3.05) is 13.6 Å². The van der Waals surface area contributed by atoms with Gasteiger partial charge in [0.15, 0.2) is 0 Å². The summed E-state index contributed by atoms with van der Waals surface area (Å²) in [7, 11) is 1.69. The summed E-state index contributed by atoms with van der Waals surface area (Å²) in [5.41, 5.74) is 1.37. The predicted octanol–water partition coefficient (Wildman–Crippen LogP) is 1.93. The molecule has 0 aromatic carbocycles. The van der Waals surface area contributed by atoms with E-state index in [9.17, 15) is 9.18 Å². The van der Waals surface area contributed by atoms with Crippen LogP contribution in [0.3, 0.4) is 0 Å². The van der Waals surface area contributed by atoms with Gasteiger partial charge in [-0.2, -0.15) is 0 Å². The number of nitrogens with zero attached hydrogens (tertiary/aromatic N) is 3. The second-order valence-corrected chi connectivity index (χ2v) is 4.22. The van der Waals surface area contributed by atoms with Crippen LogP contribution in [0.1, 0.15) is 15.9 Å². The molecule has 0 N–H and O–H groups in total. The smallest absolute Gasteiger partial charge is 0.255 e. The quantitative estimate of drug-likeness (QED) is 0.842. The first-order chi connectivity index (χ1) is 9.16. The second-order valence-electron chi connectivity index (χ2n) is 4.22. The topological polar surface area (TPSA) is 46.1 Å². The summed E-state index contributed by atoms with van der Waals surface area (Å²) in [5.74, 6) is -0.741. The van der Waals surface area contributed by atoms with Crippen molar-refractivity contribution < 1.29 is 9.18 Å². The summed E-state index contributed by atoms with van der Waals surface area (Å²) in [5, 5.41) is 0. The van der Waals surface area contributed by atoms with Crippen molar-refractivity contribution in [2.24, 2.45) is 0 Å². The average molecular weight is 259 g/mol. The third-order valence-corrected chi connectivity index (χ3v) is 2.78. The summed E-state index contributed by atoms with van der Waals surface area (Å²) in [4.78, 5) is 21.2. The van der Waals surface area contributed by atoms with Gasteiger partial charge >= 0.3 is 0 Å². The average Bonchev–Trinajstić information content (AvgIpc) is 2.45. The van der Waals surface area contributed by atoms with E-state index in [2.05, 4.69) is 9.97 Å². The monoisotopic (exact) mass is 259 g/mol. The van der Waals surface area contributed by atoms with Gasteiger partial charge in [-0.05, 0) is 30.2 Å². The first kappa shape index (κ1) is 13.1. The Kier molecular flexibility index (Phi) is 4.18. The van der Waals surface area contributed by atoms with Crippen LogP contribution in [0.15, 0.2) is 43.0 Å². The molecule has 0 bridgehead atoms. The molecule has 2 aromatic heterocycles. The summed E-state index contributed by atoms with van der Waals surface area (Å²) in [6.45, 7) is 0.555. The molecule has 19 heavy (non-hydrogen) atoms. The molecule has 0 saturated carbocycles. The van der Waals surface area contributed by atoms with Gasteiger partial charge in [-0.25, -0.2) is 4.39 Å². The Morgan fingerprint density at radius 2 is 2.00 bits per heavy atom. The third-order valence-electron chi connectivity index (χ3n) is 2.78. The lowest BCUT2D eigenvalue weighted by atomic mass is 10.2. The molecule has 1 amide bonds. The highest BCUT2D eigenvalue weighted by Crippen LogP contribution is 2.06. The minimum Gasteiger partial charge on any atom is -0.341 e. The van der Waals surface area contributed by atoms with E-state index < -0.39 is 5.82 Å². The number of carbonyl (C=O) groups excluding carboxylic acids is 1. The fraction of sp³-hybridized carbons (Fsp3) is 0.214. The van der Waals surface area contributed by atoms with Crippen LogP contribution in [0.2, 0.25) is 0 Å². The number of likely N-dealkylation sites (N-methyl/N-ethyl adjacent to an activating group) is 1. The summed E-state index contributed by atoms with van der Waals surface area (Å²) in [6.07, 6.45) is 6.61. The Bertz CT molecular complexity index is 560. The van der Waals surface area contributed by atoms with Crippen molar-refractivity contribution in [3.63, 3.8) is 0 Å². The van der Waals surface area contributed by atoms with E-state index in [1.165, 1.54) is 12.3 Å². The second kappa shape index (κ2) is 6.04. The zero-order valence-corrected chi connectivity index (χ0v) is 10.6. The number of carbonyl (C=O) groups is 1. The normalized spacial score (nSPS) is 10.2. The van der Waals surface area contributed by atoms with Crippen molar-refractivity contribution >= 4 is 5.91 Å². The molecule has 2 aromatic rings. The lowest BCUT2D eigenvalue weighted by Gasteiger charge is -2.16. The molecular formula is C14H14FN3O. The molecule has 98 valence electrons. The van der Waals surface area contributed by atoms with Gasteiger partial charge < -0.3 is 4.90 Å².